The van der Waals surface area contributed by atoms with E-state index in [9.17, 15) is 4.79 Å². The molecule has 0 unspecified atom stereocenters. The number of likely N-dealkylation sites (tertiary alicyclic amines) is 2. The molecule has 4 heterocycles. The van der Waals surface area contributed by atoms with Crippen LogP contribution in [0.3, 0.4) is 0 Å². The van der Waals surface area contributed by atoms with Crippen LogP contribution in [0.25, 0.3) is 0 Å². The molecule has 4 aliphatic heterocycles. The van der Waals surface area contributed by atoms with Gasteiger partial charge in [0.2, 0.25) is 0 Å². The first-order chi connectivity index (χ1) is 19.4. The van der Waals surface area contributed by atoms with Gasteiger partial charge in [-0.05, 0) is 73.8 Å². The number of fused-ring (bicyclic) bond motifs is 1. The van der Waals surface area contributed by atoms with Gasteiger partial charge in [-0.2, -0.15) is 0 Å². The van der Waals surface area contributed by atoms with E-state index in [1.807, 2.05) is 54.3 Å². The van der Waals surface area contributed by atoms with Gasteiger partial charge < -0.3 is 37.3 Å². The van der Waals surface area contributed by atoms with Gasteiger partial charge in [-0.3, -0.25) is 4.99 Å². The van der Waals surface area contributed by atoms with Gasteiger partial charge in [0.15, 0.2) is 0 Å². The number of carbonyl (C=O) groups is 1. The van der Waals surface area contributed by atoms with Gasteiger partial charge in [0.05, 0.1) is 11.4 Å². The Bertz CT molecular complexity index is 1200. The molecule has 2 amide bonds. The molecule has 40 heavy (non-hydrogen) atoms. The zero-order valence-corrected chi connectivity index (χ0v) is 23.7. The lowest BCUT2D eigenvalue weighted by molar-refractivity contribution is 0.126. The highest BCUT2D eigenvalue weighted by Crippen LogP contribution is 2.24. The Kier molecular flexibility index (Phi) is 9.99. The number of piperidine rings is 2. The number of aliphatic imine (C=N–C) groups is 2. The Labute approximate surface area is 237 Å². The van der Waals surface area contributed by atoms with Crippen molar-refractivity contribution >= 4 is 24.3 Å². The van der Waals surface area contributed by atoms with Crippen molar-refractivity contribution in [3.05, 3.63) is 70.6 Å². The SMILES string of the molecule is CC(C)C(C=N)=CC(N)=NC1=CC=C2NC=C(C(C=NCC3CCN(C(=O)N4CCCCC4)CC3)=CN)C=C2N1. The van der Waals surface area contributed by atoms with Crippen LogP contribution in [0.15, 0.2) is 80.6 Å². The van der Waals surface area contributed by atoms with E-state index in [2.05, 4.69) is 15.6 Å². The summed E-state index contributed by atoms with van der Waals surface area (Å²) in [6.45, 7) is 8.13. The molecular formula is C30H43N9O. The number of amidine groups is 1. The summed E-state index contributed by atoms with van der Waals surface area (Å²) in [5.74, 6) is 1.59. The molecule has 7 N–H and O–H groups in total. The number of allylic oxidation sites excluding steroid dienone is 6. The fraction of sp³-hybridized carbons (Fsp3) is 0.467. The van der Waals surface area contributed by atoms with Crippen LogP contribution in [0.5, 0.6) is 0 Å². The molecular weight excluding hydrogens is 502 g/mol. The van der Waals surface area contributed by atoms with Crippen molar-refractivity contribution in [1.29, 1.82) is 5.41 Å². The van der Waals surface area contributed by atoms with Crippen molar-refractivity contribution in [2.24, 2.45) is 33.3 Å². The van der Waals surface area contributed by atoms with Crippen molar-refractivity contribution in [2.45, 2.75) is 46.0 Å². The summed E-state index contributed by atoms with van der Waals surface area (Å²) in [5, 5.41) is 14.2. The molecule has 10 nitrogen and oxygen atoms in total. The van der Waals surface area contributed by atoms with Crippen LogP contribution in [-0.2, 0) is 0 Å². The molecule has 0 saturated carbocycles. The lowest BCUT2D eigenvalue weighted by atomic mass is 9.97. The molecule has 0 spiro atoms. The van der Waals surface area contributed by atoms with Gasteiger partial charge in [-0.25, -0.2) is 9.79 Å². The monoisotopic (exact) mass is 545 g/mol. The van der Waals surface area contributed by atoms with Gasteiger partial charge in [-0.15, -0.1) is 0 Å². The number of urea groups is 1. The molecule has 4 aliphatic rings. The highest BCUT2D eigenvalue weighted by molar-refractivity contribution is 5.97. The van der Waals surface area contributed by atoms with Crippen LogP contribution >= 0.6 is 0 Å². The molecule has 214 valence electrons. The minimum atomic E-state index is 0.188. The molecule has 0 bridgehead atoms. The first-order valence-electron chi connectivity index (χ1n) is 14.3. The van der Waals surface area contributed by atoms with E-state index in [1.165, 1.54) is 12.6 Å². The molecule has 0 atom stereocenters. The minimum Gasteiger partial charge on any atom is -0.404 e. The number of rotatable bonds is 8. The predicted molar refractivity (Wildman–Crippen MR) is 163 cm³/mol. The molecule has 0 aromatic rings. The third-order valence-electron chi connectivity index (χ3n) is 7.66. The largest absolute Gasteiger partial charge is 0.404 e. The summed E-state index contributed by atoms with van der Waals surface area (Å²) in [5.41, 5.74) is 16.4. The van der Waals surface area contributed by atoms with E-state index >= 15 is 0 Å². The van der Waals surface area contributed by atoms with Crippen molar-refractivity contribution in [3.8, 4) is 0 Å². The van der Waals surface area contributed by atoms with Gasteiger partial charge in [0.25, 0.3) is 0 Å². The van der Waals surface area contributed by atoms with Crippen LogP contribution in [0.4, 0.5) is 4.79 Å². The Balaban J connectivity index is 1.30. The third-order valence-corrected chi connectivity index (χ3v) is 7.66. The zero-order valence-electron chi connectivity index (χ0n) is 23.7. The van der Waals surface area contributed by atoms with Gasteiger partial charge in [0.1, 0.15) is 11.7 Å². The van der Waals surface area contributed by atoms with Crippen molar-refractivity contribution in [2.75, 3.05) is 32.7 Å². The maximum absolute atomic E-state index is 12.8. The highest BCUT2D eigenvalue weighted by atomic mass is 16.2. The van der Waals surface area contributed by atoms with Crippen LogP contribution in [0.2, 0.25) is 0 Å². The van der Waals surface area contributed by atoms with E-state index in [-0.39, 0.29) is 11.9 Å². The molecule has 0 radical (unpaired) electrons. The number of nitrogens with one attached hydrogen (secondary N) is 3. The number of dihydropyridines is 2. The number of hydrogen-bond acceptors (Lipinski definition) is 7. The van der Waals surface area contributed by atoms with Crippen molar-refractivity contribution in [3.63, 3.8) is 0 Å². The zero-order chi connectivity index (χ0) is 28.5. The Morgan fingerprint density at radius 3 is 2.52 bits per heavy atom. The molecule has 2 fully saturated rings. The Hall–Kier alpha value is -4.08. The van der Waals surface area contributed by atoms with Crippen LogP contribution < -0.4 is 22.1 Å². The molecule has 0 aliphatic carbocycles. The molecule has 10 heteroatoms. The minimum absolute atomic E-state index is 0.188. The molecule has 2 saturated heterocycles. The summed E-state index contributed by atoms with van der Waals surface area (Å²) in [6.07, 6.45) is 19.5. The summed E-state index contributed by atoms with van der Waals surface area (Å²) in [4.78, 5) is 26.0. The second-order valence-electron chi connectivity index (χ2n) is 10.9. The maximum atomic E-state index is 12.8. The topological polar surface area (TPSA) is 148 Å². The van der Waals surface area contributed by atoms with Crippen molar-refractivity contribution < 1.29 is 4.79 Å². The number of carbonyl (C=O) groups excluding carboxylic acids is 1. The number of amides is 2. The lowest BCUT2D eigenvalue weighted by Crippen LogP contribution is -2.48. The standard InChI is InChI=1S/C30H43N9O/c1-21(2)23(16-31)15-28(33)37-29-7-6-26-27(36-29)14-24(20-35-26)25(17-32)19-34-18-22-8-12-39(13-9-22)30(40)38-10-4-3-5-11-38/h6-7,14-17,19-22,31,35-36H,3-5,8-13,18,32H2,1-2H3,(H2,33,37). The highest BCUT2D eigenvalue weighted by Gasteiger charge is 2.27. The van der Waals surface area contributed by atoms with E-state index in [0.29, 0.717) is 24.1 Å². The number of nitrogens with zero attached hydrogens (tertiary/aromatic N) is 4. The van der Waals surface area contributed by atoms with Crippen LogP contribution in [0, 0.1) is 17.2 Å². The molecule has 0 aromatic carbocycles. The smallest absolute Gasteiger partial charge is 0.319 e. The Morgan fingerprint density at radius 1 is 1.12 bits per heavy atom. The van der Waals surface area contributed by atoms with E-state index in [4.69, 9.17) is 21.9 Å². The maximum Gasteiger partial charge on any atom is 0.319 e. The second-order valence-corrected chi connectivity index (χ2v) is 10.9. The van der Waals surface area contributed by atoms with E-state index in [0.717, 1.165) is 80.0 Å². The predicted octanol–water partition coefficient (Wildman–Crippen LogP) is 3.51. The van der Waals surface area contributed by atoms with E-state index in [1.54, 1.807) is 12.3 Å². The normalized spacial score (nSPS) is 21.2. The Morgan fingerprint density at radius 2 is 1.85 bits per heavy atom. The van der Waals surface area contributed by atoms with Gasteiger partial charge >= 0.3 is 6.03 Å². The van der Waals surface area contributed by atoms with Gasteiger partial charge in [-0.1, -0.05) is 13.8 Å². The average Bonchev–Trinajstić information content (AvgIpc) is 2.98. The lowest BCUT2D eigenvalue weighted by Gasteiger charge is -2.36. The fourth-order valence-electron chi connectivity index (χ4n) is 5.15. The second kappa shape index (κ2) is 13.8. The first-order valence-corrected chi connectivity index (χ1v) is 14.3. The fourth-order valence-corrected chi connectivity index (χ4v) is 5.15. The third kappa shape index (κ3) is 7.52. The summed E-state index contributed by atoms with van der Waals surface area (Å²) >= 11 is 0. The van der Waals surface area contributed by atoms with Crippen LogP contribution in [-0.4, -0.2) is 66.8 Å². The molecule has 4 rings (SSSR count). The first kappa shape index (κ1) is 28.9. The summed E-state index contributed by atoms with van der Waals surface area (Å²) < 4.78 is 0. The molecule has 0 aromatic heterocycles. The van der Waals surface area contributed by atoms with Crippen molar-refractivity contribution in [1.82, 2.24) is 20.4 Å². The summed E-state index contributed by atoms with van der Waals surface area (Å²) in [7, 11) is 0. The van der Waals surface area contributed by atoms with Crippen LogP contribution in [0.1, 0.15) is 46.0 Å². The number of nitrogens with two attached hydrogens (primary N) is 2. The average molecular weight is 546 g/mol. The quantitative estimate of drug-likeness (QED) is 0.234. The van der Waals surface area contributed by atoms with Gasteiger partial charge in [0, 0.05) is 68.7 Å². The summed E-state index contributed by atoms with van der Waals surface area (Å²) in [6, 6.07) is 0.207. The van der Waals surface area contributed by atoms with E-state index < -0.39 is 0 Å². The number of hydrogen-bond donors (Lipinski definition) is 5.